The van der Waals surface area contributed by atoms with Gasteiger partial charge in [0.05, 0.1) is 12.4 Å². The number of hydrogen-bond donors (Lipinski definition) is 3. The maximum absolute atomic E-state index is 13.4. The summed E-state index contributed by atoms with van der Waals surface area (Å²) in [7, 11) is 0. The fraction of sp³-hybridized carbons (Fsp3) is 0.189. The number of anilines is 1. The Morgan fingerprint density at radius 1 is 0.600 bits per heavy atom. The number of nitrogens with one attached hydrogen (secondary N) is 1. The average molecular weight is 864 g/mol. The van der Waals surface area contributed by atoms with Crippen LogP contribution in [0.1, 0.15) is 69.1 Å². The van der Waals surface area contributed by atoms with Gasteiger partial charge in [-0.1, -0.05) is 115 Å². The van der Waals surface area contributed by atoms with E-state index in [4.69, 9.17) is 5.73 Å². The summed E-state index contributed by atoms with van der Waals surface area (Å²) < 4.78 is 2.59. The zero-order valence-corrected chi connectivity index (χ0v) is 36.1. The molecule has 12 heteroatoms. The van der Waals surface area contributed by atoms with E-state index >= 15 is 0 Å². The highest BCUT2D eigenvalue weighted by Gasteiger charge is 2.15. The quantitative estimate of drug-likeness (QED) is 0.106. The van der Waals surface area contributed by atoms with Gasteiger partial charge in [-0.3, -0.25) is 38.3 Å². The second-order valence-corrected chi connectivity index (χ2v) is 15.0. The van der Waals surface area contributed by atoms with Crippen LogP contribution in [-0.4, -0.2) is 41.1 Å². The maximum Gasteiger partial charge on any atom is 0.323 e. The Morgan fingerprint density at radius 2 is 1.05 bits per heavy atom. The van der Waals surface area contributed by atoms with Crippen molar-refractivity contribution >= 4 is 17.7 Å². The Morgan fingerprint density at radius 3 is 1.49 bits per heavy atom. The fourth-order valence-corrected chi connectivity index (χ4v) is 6.76. The molecule has 65 heavy (non-hydrogen) atoms. The van der Waals surface area contributed by atoms with E-state index in [1.54, 1.807) is 12.3 Å². The standard InChI is InChI=1S/C30H29N5O2.C23H20N2O3/c1-22-25(16-18-28(31)34-22)19-33-29(36)21-35-26(17-15-24-11-6-3-7-12-24)20-32-27(30(35)37)14-8-13-23-9-4-2-5-10-23;26-22(27)17-25-20(15-14-19-10-5-2-6-11-19)16-24-21(23(25)28)13-7-12-18-8-3-1-4-9-18/h2-7,9-12,16,18,20H,8,13-14,19,21H2,1H3,(H2,31,34)(H,33,36);1-6,8-11,16H,7,12-13,17H2,(H,26,27). The second kappa shape index (κ2) is 23.8. The number of amides is 1. The molecule has 12 nitrogen and oxygen atoms in total. The molecule has 4 N–H and O–H groups in total. The van der Waals surface area contributed by atoms with Crippen molar-refractivity contribution in [2.75, 3.05) is 5.73 Å². The van der Waals surface area contributed by atoms with Crippen LogP contribution in [0.2, 0.25) is 0 Å². The molecule has 0 atom stereocenters. The number of aromatic nitrogens is 5. The number of aryl methyl sites for hydroxylation is 5. The zero-order chi connectivity index (χ0) is 45.8. The van der Waals surface area contributed by atoms with Gasteiger partial charge in [0, 0.05) is 23.4 Å². The number of pyridine rings is 1. The maximum atomic E-state index is 13.4. The SMILES string of the molecule is Cc1nc(N)ccc1CNC(=O)Cn1c(C#Cc2ccccc2)cnc(CCCc2ccccc2)c1=O.O=C(O)Cn1c(C#Cc2ccccc2)cnc(CCCc2ccccc2)c1=O. The molecule has 0 bridgehead atoms. The number of aliphatic carboxylic acids is 1. The van der Waals surface area contributed by atoms with E-state index < -0.39 is 18.1 Å². The highest BCUT2D eigenvalue weighted by atomic mass is 16.4. The lowest BCUT2D eigenvalue weighted by Crippen LogP contribution is -2.35. The van der Waals surface area contributed by atoms with Crippen LogP contribution in [0.3, 0.4) is 0 Å². The molecule has 3 heterocycles. The molecule has 0 radical (unpaired) electrons. The van der Waals surface area contributed by atoms with Crippen molar-refractivity contribution in [1.29, 1.82) is 0 Å². The predicted molar refractivity (Wildman–Crippen MR) is 252 cm³/mol. The number of carbonyl (C=O) groups excluding carboxylic acids is 1. The topological polar surface area (TPSA) is 175 Å². The Bertz CT molecular complexity index is 2950. The van der Waals surface area contributed by atoms with E-state index in [2.05, 4.69) is 56.1 Å². The Labute approximate surface area is 377 Å². The highest BCUT2D eigenvalue weighted by molar-refractivity contribution is 5.76. The molecule has 0 saturated carbocycles. The van der Waals surface area contributed by atoms with Gasteiger partial charge in [0.1, 0.15) is 41.7 Å². The van der Waals surface area contributed by atoms with Crippen molar-refractivity contribution in [3.05, 3.63) is 223 Å². The third-order valence-electron chi connectivity index (χ3n) is 10.2. The third-order valence-corrected chi connectivity index (χ3v) is 10.2. The van der Waals surface area contributed by atoms with Crippen molar-refractivity contribution in [2.24, 2.45) is 0 Å². The number of nitrogen functional groups attached to an aromatic ring is 1. The summed E-state index contributed by atoms with van der Waals surface area (Å²) >= 11 is 0. The van der Waals surface area contributed by atoms with Crippen LogP contribution in [0.25, 0.3) is 0 Å². The van der Waals surface area contributed by atoms with Crippen LogP contribution < -0.4 is 22.2 Å². The van der Waals surface area contributed by atoms with Crippen LogP contribution in [0, 0.1) is 30.6 Å². The van der Waals surface area contributed by atoms with Crippen molar-refractivity contribution in [1.82, 2.24) is 29.4 Å². The van der Waals surface area contributed by atoms with Gasteiger partial charge in [-0.2, -0.15) is 0 Å². The number of rotatable bonds is 14. The molecule has 326 valence electrons. The number of carboxylic acid groups (broad SMARTS) is 1. The van der Waals surface area contributed by atoms with Gasteiger partial charge in [0.25, 0.3) is 11.1 Å². The van der Waals surface area contributed by atoms with Gasteiger partial charge in [-0.05, 0) is 104 Å². The van der Waals surface area contributed by atoms with E-state index in [0.717, 1.165) is 48.1 Å². The van der Waals surface area contributed by atoms with Crippen LogP contribution in [-0.2, 0) is 54.9 Å². The summed E-state index contributed by atoms with van der Waals surface area (Å²) in [6.07, 6.45) is 7.27. The van der Waals surface area contributed by atoms with Gasteiger partial charge in [0.15, 0.2) is 0 Å². The van der Waals surface area contributed by atoms with E-state index in [9.17, 15) is 24.3 Å². The molecule has 0 aliphatic rings. The first-order chi connectivity index (χ1) is 31.6. The van der Waals surface area contributed by atoms with Crippen molar-refractivity contribution < 1.29 is 14.7 Å². The van der Waals surface area contributed by atoms with Crippen molar-refractivity contribution in [2.45, 2.75) is 65.1 Å². The number of nitrogens with two attached hydrogens (primary N) is 1. The van der Waals surface area contributed by atoms with Gasteiger partial charge in [-0.25, -0.2) is 4.98 Å². The number of carboxylic acids is 1. The summed E-state index contributed by atoms with van der Waals surface area (Å²) in [6.45, 7) is 1.52. The van der Waals surface area contributed by atoms with E-state index in [0.29, 0.717) is 41.4 Å². The first-order valence-corrected chi connectivity index (χ1v) is 21.2. The lowest BCUT2D eigenvalue weighted by atomic mass is 10.1. The van der Waals surface area contributed by atoms with Crippen molar-refractivity contribution in [3.63, 3.8) is 0 Å². The first-order valence-electron chi connectivity index (χ1n) is 21.2. The molecule has 0 fully saturated rings. The van der Waals surface area contributed by atoms with Crippen LogP contribution in [0.5, 0.6) is 0 Å². The van der Waals surface area contributed by atoms with Gasteiger partial charge in [-0.15, -0.1) is 0 Å². The van der Waals surface area contributed by atoms with Crippen LogP contribution in [0.15, 0.2) is 155 Å². The Kier molecular flexibility index (Phi) is 16.9. The van der Waals surface area contributed by atoms with E-state index in [-0.39, 0.29) is 24.6 Å². The lowest BCUT2D eigenvalue weighted by Gasteiger charge is -2.12. The number of hydrogen-bond acceptors (Lipinski definition) is 8. The normalized spacial score (nSPS) is 10.3. The molecule has 0 spiro atoms. The first kappa shape index (κ1) is 46.2. The molecule has 7 aromatic rings. The Hall–Kier alpha value is -8.35. The molecular formula is C53H49N7O5. The second-order valence-electron chi connectivity index (χ2n) is 15.0. The highest BCUT2D eigenvalue weighted by Crippen LogP contribution is 2.10. The molecule has 4 aromatic carbocycles. The zero-order valence-electron chi connectivity index (χ0n) is 36.1. The molecule has 0 unspecified atom stereocenters. The monoisotopic (exact) mass is 863 g/mol. The third kappa shape index (κ3) is 14.4. The smallest absolute Gasteiger partial charge is 0.323 e. The summed E-state index contributed by atoms with van der Waals surface area (Å²) in [5.41, 5.74) is 12.1. The summed E-state index contributed by atoms with van der Waals surface area (Å²) in [5.74, 6) is 10.9. The van der Waals surface area contributed by atoms with E-state index in [1.807, 2.05) is 122 Å². The number of carbonyl (C=O) groups is 2. The average Bonchev–Trinajstić information content (AvgIpc) is 3.32. The minimum absolute atomic E-state index is 0.159. The van der Waals surface area contributed by atoms with Gasteiger partial charge < -0.3 is 16.2 Å². The lowest BCUT2D eigenvalue weighted by molar-refractivity contribution is -0.137. The molecular weight excluding hydrogens is 815 g/mol. The summed E-state index contributed by atoms with van der Waals surface area (Å²) in [4.78, 5) is 63.1. The molecule has 0 aliphatic heterocycles. The van der Waals surface area contributed by atoms with Crippen LogP contribution >= 0.6 is 0 Å². The molecule has 7 rings (SSSR count). The number of nitrogens with zero attached hydrogens (tertiary/aromatic N) is 5. The minimum atomic E-state index is -1.09. The van der Waals surface area contributed by atoms with Gasteiger partial charge >= 0.3 is 5.97 Å². The van der Waals surface area contributed by atoms with Crippen LogP contribution in [0.4, 0.5) is 5.82 Å². The fourth-order valence-electron chi connectivity index (χ4n) is 6.76. The largest absolute Gasteiger partial charge is 0.480 e. The molecule has 0 saturated heterocycles. The summed E-state index contributed by atoms with van der Waals surface area (Å²) in [5, 5.41) is 12.1. The summed E-state index contributed by atoms with van der Waals surface area (Å²) in [6, 6.07) is 42.4. The number of benzene rings is 4. The molecule has 3 aromatic heterocycles. The minimum Gasteiger partial charge on any atom is -0.480 e. The Balaban J connectivity index is 0.000000224. The molecule has 1 amide bonds. The van der Waals surface area contributed by atoms with E-state index in [1.165, 1.54) is 26.5 Å². The predicted octanol–water partition coefficient (Wildman–Crippen LogP) is 6.32. The molecule has 0 aliphatic carbocycles. The van der Waals surface area contributed by atoms with Crippen molar-refractivity contribution in [3.8, 4) is 23.7 Å². The van der Waals surface area contributed by atoms with Gasteiger partial charge in [0.2, 0.25) is 5.91 Å².